The first-order chi connectivity index (χ1) is 15.0. The summed E-state index contributed by atoms with van der Waals surface area (Å²) in [7, 11) is 2.26. The highest BCUT2D eigenvalue weighted by Crippen LogP contribution is 2.37. The van der Waals surface area contributed by atoms with Gasteiger partial charge in [-0.3, -0.25) is 0 Å². The Labute approximate surface area is 208 Å². The Hall–Kier alpha value is -1.51. The third-order valence-electron chi connectivity index (χ3n) is 6.20. The lowest BCUT2D eigenvalue weighted by Gasteiger charge is -2.41. The zero-order chi connectivity index (χ0) is 21.7. The first-order valence-corrected chi connectivity index (χ1v) is 12.6. The Balaban J connectivity index is 0.00000289. The van der Waals surface area contributed by atoms with E-state index in [9.17, 15) is 9.90 Å². The molecule has 32 heavy (non-hydrogen) atoms. The van der Waals surface area contributed by atoms with Gasteiger partial charge in [0.15, 0.2) is 6.10 Å². The van der Waals surface area contributed by atoms with Crippen molar-refractivity contribution in [3.63, 3.8) is 0 Å². The van der Waals surface area contributed by atoms with Crippen molar-refractivity contribution in [3.8, 4) is 0 Å². The molecule has 4 nitrogen and oxygen atoms in total. The van der Waals surface area contributed by atoms with Crippen LogP contribution < -0.4 is 17.0 Å². The summed E-state index contributed by atoms with van der Waals surface area (Å²) in [5.74, 6) is -0.555. The van der Waals surface area contributed by atoms with Crippen molar-refractivity contribution in [2.75, 3.05) is 26.7 Å². The van der Waals surface area contributed by atoms with Crippen LogP contribution in [0.2, 0.25) is 0 Å². The number of rotatable bonds is 8. The highest BCUT2D eigenvalue weighted by Gasteiger charge is 2.46. The van der Waals surface area contributed by atoms with Gasteiger partial charge in [-0.1, -0.05) is 42.5 Å². The van der Waals surface area contributed by atoms with Crippen LogP contribution in [0.15, 0.2) is 65.4 Å². The molecule has 1 aliphatic rings. The molecule has 4 rings (SSSR count). The van der Waals surface area contributed by atoms with Crippen LogP contribution in [-0.4, -0.2) is 48.3 Å². The highest BCUT2D eigenvalue weighted by atomic mass is 79.9. The maximum Gasteiger partial charge on any atom is 0.349 e. The number of likely N-dealkylation sites (N-methyl/N-ethyl adjacent to an activating group) is 1. The number of thiophene rings is 2. The van der Waals surface area contributed by atoms with Crippen LogP contribution in [0.4, 0.5) is 0 Å². The fourth-order valence-electron chi connectivity index (χ4n) is 4.51. The molecule has 3 heterocycles. The third kappa shape index (κ3) is 5.69. The van der Waals surface area contributed by atoms with Crippen LogP contribution in [0.25, 0.3) is 0 Å². The molecule has 0 aliphatic carbocycles. The Morgan fingerprint density at radius 2 is 1.75 bits per heavy atom. The smallest absolute Gasteiger partial charge is 0.349 e. The Bertz CT molecular complexity index is 928. The van der Waals surface area contributed by atoms with Crippen molar-refractivity contribution >= 4 is 28.6 Å². The van der Waals surface area contributed by atoms with Gasteiger partial charge in [0.2, 0.25) is 5.60 Å². The van der Waals surface area contributed by atoms with Gasteiger partial charge in [0, 0.05) is 12.8 Å². The number of hydrogen-bond donors (Lipinski definition) is 1. The van der Waals surface area contributed by atoms with Crippen LogP contribution in [0, 0.1) is 0 Å². The molecule has 0 bridgehead atoms. The molecular formula is C25H30BrNO3S2. The zero-order valence-corrected chi connectivity index (χ0v) is 21.5. The van der Waals surface area contributed by atoms with Gasteiger partial charge in [0.05, 0.1) is 29.9 Å². The normalized spacial score (nSPS) is 21.0. The number of benzene rings is 1. The van der Waals surface area contributed by atoms with E-state index in [1.54, 1.807) is 12.1 Å². The van der Waals surface area contributed by atoms with Gasteiger partial charge in [-0.05, 0) is 41.3 Å². The molecule has 2 aromatic heterocycles. The van der Waals surface area contributed by atoms with E-state index in [2.05, 4.69) is 37.4 Å². The van der Waals surface area contributed by atoms with Gasteiger partial charge >= 0.3 is 5.97 Å². The number of nitrogens with zero attached hydrogens (tertiary/aromatic N) is 1. The van der Waals surface area contributed by atoms with E-state index < -0.39 is 11.6 Å². The SMILES string of the molecule is C[N@+]1(CCCc2ccccc2)CCC[C@@H](OC(=O)C(O)(c2cccs2)c2cccs2)C1.[Br-]. The summed E-state index contributed by atoms with van der Waals surface area (Å²) in [5, 5.41) is 15.2. The minimum absolute atomic E-state index is 0. The second-order valence-electron chi connectivity index (χ2n) is 8.67. The molecule has 1 saturated heterocycles. The lowest BCUT2D eigenvalue weighted by atomic mass is 9.99. The summed E-state index contributed by atoms with van der Waals surface area (Å²) in [4.78, 5) is 14.5. The standard InChI is InChI=1S/C25H30NO3S2.BrH/c1-26(15-5-11-20-9-3-2-4-10-20)16-6-12-21(19-26)29-24(27)25(28,22-13-7-17-30-22)23-14-8-18-31-23;/h2-4,7-10,13-14,17-18,21,28H,5-6,11-12,15-16,19H2,1H3;1H/q+1;/p-1/t21-,26+;/m1./s1. The van der Waals surface area contributed by atoms with Crippen LogP contribution in [0.1, 0.15) is 34.6 Å². The van der Waals surface area contributed by atoms with Crippen molar-refractivity contribution in [2.24, 2.45) is 0 Å². The van der Waals surface area contributed by atoms with E-state index in [0.717, 1.165) is 49.8 Å². The van der Waals surface area contributed by atoms with Gasteiger partial charge in [0.1, 0.15) is 6.54 Å². The molecule has 0 amide bonds. The monoisotopic (exact) mass is 535 g/mol. The number of hydrogen-bond acceptors (Lipinski definition) is 5. The van der Waals surface area contributed by atoms with Crippen LogP contribution >= 0.6 is 22.7 Å². The lowest BCUT2D eigenvalue weighted by molar-refractivity contribution is -0.917. The van der Waals surface area contributed by atoms with E-state index in [1.807, 2.05) is 22.9 Å². The molecule has 172 valence electrons. The van der Waals surface area contributed by atoms with E-state index in [4.69, 9.17) is 4.74 Å². The molecule has 0 unspecified atom stereocenters. The van der Waals surface area contributed by atoms with Gasteiger partial charge < -0.3 is 31.3 Å². The quantitative estimate of drug-likeness (QED) is 0.353. The molecule has 1 aliphatic heterocycles. The summed E-state index contributed by atoms with van der Waals surface area (Å²) in [6, 6.07) is 17.9. The van der Waals surface area contributed by atoms with E-state index in [0.29, 0.717) is 9.75 Å². The maximum absolute atomic E-state index is 13.3. The van der Waals surface area contributed by atoms with Crippen molar-refractivity contribution in [1.29, 1.82) is 0 Å². The third-order valence-corrected chi connectivity index (χ3v) is 8.16. The minimum atomic E-state index is -1.73. The number of esters is 1. The minimum Gasteiger partial charge on any atom is -1.00 e. The summed E-state index contributed by atoms with van der Waals surface area (Å²) in [5.41, 5.74) is -0.359. The van der Waals surface area contributed by atoms with Gasteiger partial charge in [-0.15, -0.1) is 22.7 Å². The maximum atomic E-state index is 13.3. The number of halogens is 1. The zero-order valence-electron chi connectivity index (χ0n) is 18.3. The molecule has 7 heteroatoms. The molecule has 3 aromatic rings. The molecule has 1 fully saturated rings. The number of likely N-dealkylation sites (tertiary alicyclic amines) is 1. The molecule has 1 N–H and O–H groups in total. The number of carbonyl (C=O) groups is 1. The van der Waals surface area contributed by atoms with E-state index in [-0.39, 0.29) is 23.1 Å². The predicted octanol–water partition coefficient (Wildman–Crippen LogP) is 1.83. The highest BCUT2D eigenvalue weighted by molar-refractivity contribution is 7.12. The van der Waals surface area contributed by atoms with Crippen molar-refractivity contribution in [3.05, 3.63) is 80.7 Å². The molecule has 0 saturated carbocycles. The number of carbonyl (C=O) groups excluding carboxylic acids is 1. The van der Waals surface area contributed by atoms with Gasteiger partial charge in [-0.25, -0.2) is 4.79 Å². The molecule has 0 radical (unpaired) electrons. The Morgan fingerprint density at radius 3 is 2.34 bits per heavy atom. The van der Waals surface area contributed by atoms with Gasteiger partial charge in [-0.2, -0.15) is 0 Å². The Morgan fingerprint density at radius 1 is 1.09 bits per heavy atom. The summed E-state index contributed by atoms with van der Waals surface area (Å²) in [6.45, 7) is 2.96. The first-order valence-electron chi connectivity index (χ1n) is 10.9. The topological polar surface area (TPSA) is 46.5 Å². The van der Waals surface area contributed by atoms with E-state index in [1.165, 1.54) is 28.2 Å². The van der Waals surface area contributed by atoms with Crippen LogP contribution in [0.5, 0.6) is 0 Å². The summed E-state index contributed by atoms with van der Waals surface area (Å²) < 4.78 is 6.88. The van der Waals surface area contributed by atoms with Gasteiger partial charge in [0.25, 0.3) is 0 Å². The van der Waals surface area contributed by atoms with Crippen molar-refractivity contribution in [1.82, 2.24) is 0 Å². The second kappa shape index (κ2) is 11.1. The first kappa shape index (κ1) is 25.1. The second-order valence-corrected chi connectivity index (χ2v) is 10.6. The van der Waals surface area contributed by atoms with Crippen LogP contribution in [-0.2, 0) is 21.6 Å². The average molecular weight is 537 g/mol. The Kier molecular flexibility index (Phi) is 8.69. The predicted molar refractivity (Wildman–Crippen MR) is 126 cm³/mol. The van der Waals surface area contributed by atoms with E-state index >= 15 is 0 Å². The fourth-order valence-corrected chi connectivity index (χ4v) is 6.23. The number of aliphatic hydroxyl groups is 1. The molecule has 1 aromatic carbocycles. The lowest BCUT2D eigenvalue weighted by Crippen LogP contribution is -3.00. The van der Waals surface area contributed by atoms with Crippen LogP contribution in [0.3, 0.4) is 0 Å². The number of aryl methyl sites for hydroxylation is 1. The molecular weight excluding hydrogens is 506 g/mol. The largest absolute Gasteiger partial charge is 1.00 e. The number of quaternary nitrogens is 1. The van der Waals surface area contributed by atoms with Crippen molar-refractivity contribution in [2.45, 2.75) is 37.4 Å². The number of piperidine rings is 1. The summed E-state index contributed by atoms with van der Waals surface area (Å²) >= 11 is 2.76. The van der Waals surface area contributed by atoms with Crippen molar-refractivity contribution < 1.29 is 36.1 Å². The summed E-state index contributed by atoms with van der Waals surface area (Å²) in [6.07, 6.45) is 3.87. The fraction of sp³-hybridized carbons (Fsp3) is 0.400. The molecule has 0 spiro atoms. The average Bonchev–Trinajstić information content (AvgIpc) is 3.49. The number of ether oxygens (including phenoxy) is 1. The molecule has 2 atom stereocenters.